The number of benzene rings is 2. The Bertz CT molecular complexity index is 899. The van der Waals surface area contributed by atoms with Gasteiger partial charge in [0.25, 0.3) is 5.91 Å². The van der Waals surface area contributed by atoms with Crippen molar-refractivity contribution in [1.82, 2.24) is 5.32 Å². The highest BCUT2D eigenvalue weighted by molar-refractivity contribution is 5.91. The molecule has 138 valence electrons. The van der Waals surface area contributed by atoms with Crippen LogP contribution in [0, 0.1) is 11.3 Å². The maximum Gasteiger partial charge on any atom is 0.338 e. The van der Waals surface area contributed by atoms with Gasteiger partial charge < -0.3 is 10.1 Å². The summed E-state index contributed by atoms with van der Waals surface area (Å²) >= 11 is 0. The van der Waals surface area contributed by atoms with Crippen LogP contribution in [-0.2, 0) is 22.4 Å². The van der Waals surface area contributed by atoms with E-state index in [1.54, 1.807) is 18.2 Å². The van der Waals surface area contributed by atoms with Crippen LogP contribution in [-0.4, -0.2) is 18.5 Å². The number of fused-ring (bicyclic) bond motifs is 1. The lowest BCUT2D eigenvalue weighted by atomic mass is 9.89. The van der Waals surface area contributed by atoms with Crippen LogP contribution in [0.2, 0.25) is 0 Å². The molecule has 1 amide bonds. The number of rotatable bonds is 5. The monoisotopic (exact) mass is 362 g/mol. The Labute approximate surface area is 159 Å². The van der Waals surface area contributed by atoms with E-state index in [0.717, 1.165) is 18.4 Å². The number of carbonyl (C=O) groups is 2. The first kappa shape index (κ1) is 18.7. The number of nitriles is 1. The van der Waals surface area contributed by atoms with E-state index in [1.165, 1.54) is 30.0 Å². The van der Waals surface area contributed by atoms with Crippen molar-refractivity contribution in [1.29, 1.82) is 5.26 Å². The van der Waals surface area contributed by atoms with Crippen molar-refractivity contribution in [2.24, 2.45) is 0 Å². The molecular weight excluding hydrogens is 340 g/mol. The number of aryl methyl sites for hydroxylation is 2. The number of hydrogen-bond donors (Lipinski definition) is 1. The fraction of sp³-hybridized carbons (Fsp3) is 0.318. The highest BCUT2D eigenvalue weighted by Gasteiger charge is 2.16. The minimum absolute atomic E-state index is 0.162. The zero-order valence-electron chi connectivity index (χ0n) is 15.3. The Kier molecular flexibility index (Phi) is 5.87. The van der Waals surface area contributed by atoms with Gasteiger partial charge in [-0.25, -0.2) is 4.79 Å². The number of nitrogens with zero attached hydrogens (tertiary/aromatic N) is 1. The molecule has 3 rings (SSSR count). The standard InChI is InChI=1S/C22H22N2O3/c1-15(18-10-9-17-6-2-3-7-19(17)12-18)24-21(25)14-27-22(26)20-8-4-5-16(11-20)13-23/h4-5,8-12,15H,2-3,6-7,14H2,1H3,(H,24,25)/t15-/m0/s1. The molecular formula is C22H22N2O3. The van der Waals surface area contributed by atoms with Gasteiger partial charge in [0.2, 0.25) is 0 Å². The Morgan fingerprint density at radius 2 is 1.93 bits per heavy atom. The van der Waals surface area contributed by atoms with Crippen LogP contribution in [0.1, 0.15) is 58.4 Å². The fourth-order valence-electron chi connectivity index (χ4n) is 3.32. The van der Waals surface area contributed by atoms with Gasteiger partial charge in [0.15, 0.2) is 6.61 Å². The number of esters is 1. The first-order valence-electron chi connectivity index (χ1n) is 9.15. The van der Waals surface area contributed by atoms with E-state index >= 15 is 0 Å². The summed E-state index contributed by atoms with van der Waals surface area (Å²) in [5, 5.41) is 11.7. The predicted octanol–water partition coefficient (Wildman–Crippen LogP) is 3.47. The molecule has 5 heteroatoms. The van der Waals surface area contributed by atoms with Crippen molar-refractivity contribution in [3.05, 3.63) is 70.3 Å². The lowest BCUT2D eigenvalue weighted by Crippen LogP contribution is -2.31. The summed E-state index contributed by atoms with van der Waals surface area (Å²) in [5.74, 6) is -0.978. The maximum absolute atomic E-state index is 12.1. The van der Waals surface area contributed by atoms with E-state index in [9.17, 15) is 9.59 Å². The molecule has 0 saturated heterocycles. The van der Waals surface area contributed by atoms with Gasteiger partial charge in [0.1, 0.15) is 0 Å². The van der Waals surface area contributed by atoms with Crippen LogP contribution in [0.5, 0.6) is 0 Å². The van der Waals surface area contributed by atoms with Crippen LogP contribution in [0.15, 0.2) is 42.5 Å². The molecule has 0 bridgehead atoms. The van der Waals surface area contributed by atoms with Crippen molar-refractivity contribution < 1.29 is 14.3 Å². The molecule has 0 fully saturated rings. The topological polar surface area (TPSA) is 79.2 Å². The summed E-state index contributed by atoms with van der Waals surface area (Å²) in [4.78, 5) is 24.2. The number of ether oxygens (including phenoxy) is 1. The third-order valence-corrected chi connectivity index (χ3v) is 4.81. The van der Waals surface area contributed by atoms with Gasteiger partial charge in [-0.05, 0) is 67.5 Å². The highest BCUT2D eigenvalue weighted by Crippen LogP contribution is 2.24. The average molecular weight is 362 g/mol. The Hall–Kier alpha value is -3.13. The summed E-state index contributed by atoms with van der Waals surface area (Å²) in [6.45, 7) is 1.56. The molecule has 2 aromatic rings. The summed E-state index contributed by atoms with van der Waals surface area (Å²) in [5.41, 5.74) is 4.44. The highest BCUT2D eigenvalue weighted by atomic mass is 16.5. The lowest BCUT2D eigenvalue weighted by molar-refractivity contribution is -0.124. The van der Waals surface area contributed by atoms with Gasteiger partial charge in [0, 0.05) is 0 Å². The van der Waals surface area contributed by atoms with Crippen molar-refractivity contribution >= 4 is 11.9 Å². The molecule has 2 aromatic carbocycles. The molecule has 1 N–H and O–H groups in total. The van der Waals surface area contributed by atoms with Crippen molar-refractivity contribution in [2.75, 3.05) is 6.61 Å². The molecule has 0 saturated carbocycles. The van der Waals surface area contributed by atoms with Crippen LogP contribution in [0.25, 0.3) is 0 Å². The first-order chi connectivity index (χ1) is 13.1. The largest absolute Gasteiger partial charge is 0.452 e. The van der Waals surface area contributed by atoms with Gasteiger partial charge in [-0.15, -0.1) is 0 Å². The van der Waals surface area contributed by atoms with Gasteiger partial charge in [0.05, 0.1) is 23.2 Å². The van der Waals surface area contributed by atoms with E-state index < -0.39 is 5.97 Å². The van der Waals surface area contributed by atoms with Gasteiger partial charge in [-0.2, -0.15) is 5.26 Å². The molecule has 0 radical (unpaired) electrons. The minimum atomic E-state index is -0.622. The van der Waals surface area contributed by atoms with Crippen LogP contribution in [0.4, 0.5) is 0 Å². The maximum atomic E-state index is 12.1. The molecule has 0 heterocycles. The first-order valence-corrected chi connectivity index (χ1v) is 9.15. The minimum Gasteiger partial charge on any atom is -0.452 e. The van der Waals surface area contributed by atoms with Gasteiger partial charge in [-0.3, -0.25) is 4.79 Å². The van der Waals surface area contributed by atoms with Crippen molar-refractivity contribution in [2.45, 2.75) is 38.6 Å². The van der Waals surface area contributed by atoms with Crippen LogP contribution >= 0.6 is 0 Å². The summed E-state index contributed by atoms with van der Waals surface area (Å²) in [6, 6.07) is 14.4. The SMILES string of the molecule is C[C@H](NC(=O)COC(=O)c1cccc(C#N)c1)c1ccc2c(c1)CCCC2. The third-order valence-electron chi connectivity index (χ3n) is 4.81. The number of carbonyl (C=O) groups excluding carboxylic acids is 2. The van der Waals surface area contributed by atoms with Crippen LogP contribution < -0.4 is 5.32 Å². The summed E-state index contributed by atoms with van der Waals surface area (Å²) in [6.07, 6.45) is 4.66. The molecule has 0 aliphatic heterocycles. The van der Waals surface area contributed by atoms with Crippen LogP contribution in [0.3, 0.4) is 0 Å². The second-order valence-electron chi connectivity index (χ2n) is 6.79. The van der Waals surface area contributed by atoms with E-state index in [0.29, 0.717) is 5.56 Å². The Morgan fingerprint density at radius 1 is 1.15 bits per heavy atom. The zero-order valence-corrected chi connectivity index (χ0v) is 15.3. The third kappa shape index (κ3) is 4.73. The Balaban J connectivity index is 1.54. The van der Waals surface area contributed by atoms with E-state index in [4.69, 9.17) is 10.00 Å². The molecule has 1 atom stereocenters. The molecule has 5 nitrogen and oxygen atoms in total. The molecule has 0 unspecified atom stereocenters. The van der Waals surface area contributed by atoms with E-state index in [-0.39, 0.29) is 24.1 Å². The molecule has 1 aliphatic carbocycles. The van der Waals surface area contributed by atoms with Crippen molar-refractivity contribution in [3.8, 4) is 6.07 Å². The second-order valence-corrected chi connectivity index (χ2v) is 6.79. The zero-order chi connectivity index (χ0) is 19.2. The molecule has 0 aromatic heterocycles. The molecule has 1 aliphatic rings. The summed E-state index contributed by atoms with van der Waals surface area (Å²) < 4.78 is 5.06. The van der Waals surface area contributed by atoms with E-state index in [1.807, 2.05) is 13.0 Å². The van der Waals surface area contributed by atoms with Gasteiger partial charge in [-0.1, -0.05) is 24.3 Å². The second kappa shape index (κ2) is 8.50. The smallest absolute Gasteiger partial charge is 0.338 e. The number of amides is 1. The summed E-state index contributed by atoms with van der Waals surface area (Å²) in [7, 11) is 0. The predicted molar refractivity (Wildman–Crippen MR) is 101 cm³/mol. The quantitative estimate of drug-likeness (QED) is 0.826. The normalized spacial score (nSPS) is 13.8. The molecule has 0 spiro atoms. The number of hydrogen-bond acceptors (Lipinski definition) is 4. The Morgan fingerprint density at radius 3 is 2.70 bits per heavy atom. The fourth-order valence-corrected chi connectivity index (χ4v) is 3.32. The number of nitrogens with one attached hydrogen (secondary N) is 1. The van der Waals surface area contributed by atoms with Crippen molar-refractivity contribution in [3.63, 3.8) is 0 Å². The van der Waals surface area contributed by atoms with Gasteiger partial charge >= 0.3 is 5.97 Å². The molecule has 27 heavy (non-hydrogen) atoms. The lowest BCUT2D eigenvalue weighted by Gasteiger charge is -2.20. The average Bonchev–Trinajstić information content (AvgIpc) is 2.71. The van der Waals surface area contributed by atoms with E-state index in [2.05, 4.69) is 23.5 Å².